The van der Waals surface area contributed by atoms with Crippen LogP contribution in [0.25, 0.3) is 10.9 Å². The molecule has 0 saturated carbocycles. The Morgan fingerprint density at radius 2 is 1.48 bits per heavy atom. The van der Waals surface area contributed by atoms with Crippen molar-refractivity contribution in [1.29, 1.82) is 0 Å². The van der Waals surface area contributed by atoms with Crippen molar-refractivity contribution in [3.05, 3.63) is 112 Å². The van der Waals surface area contributed by atoms with Crippen molar-refractivity contribution >= 4 is 16.8 Å². The molecule has 0 bridgehead atoms. The second-order valence-corrected chi connectivity index (χ2v) is 7.51. The minimum atomic E-state index is -0.107. The van der Waals surface area contributed by atoms with Gasteiger partial charge >= 0.3 is 0 Å². The normalized spacial score (nSPS) is 11.0. The van der Waals surface area contributed by atoms with Gasteiger partial charge in [-0.15, -0.1) is 0 Å². The molecule has 1 heterocycles. The van der Waals surface area contributed by atoms with Gasteiger partial charge in [0.25, 0.3) is 0 Å². The second-order valence-electron chi connectivity index (χ2n) is 7.51. The summed E-state index contributed by atoms with van der Waals surface area (Å²) in [4.78, 5) is 24.4. The lowest BCUT2D eigenvalue weighted by molar-refractivity contribution is -0.121. The molecule has 5 heteroatoms. The molecule has 0 saturated heterocycles. The van der Waals surface area contributed by atoms with Crippen molar-refractivity contribution in [2.24, 2.45) is 0 Å². The van der Waals surface area contributed by atoms with Gasteiger partial charge in [0.2, 0.25) is 11.3 Å². The summed E-state index contributed by atoms with van der Waals surface area (Å²) < 4.78 is 1.72. The van der Waals surface area contributed by atoms with E-state index in [2.05, 4.69) is 34.7 Å². The highest BCUT2D eigenvalue weighted by Gasteiger charge is 2.14. The Morgan fingerprint density at radius 1 is 0.871 bits per heavy atom. The molecule has 0 spiro atoms. The number of amides is 1. The molecule has 31 heavy (non-hydrogen) atoms. The van der Waals surface area contributed by atoms with Crippen LogP contribution in [-0.4, -0.2) is 22.2 Å². The molecule has 1 N–H and O–H groups in total. The summed E-state index contributed by atoms with van der Waals surface area (Å²) in [5.41, 5.74) is 3.12. The number of hydrogen-bond acceptors (Lipinski definition) is 3. The first kappa shape index (κ1) is 20.5. The van der Waals surface area contributed by atoms with E-state index in [-0.39, 0.29) is 17.3 Å². The van der Waals surface area contributed by atoms with Gasteiger partial charge < -0.3 is 5.32 Å². The fourth-order valence-electron chi connectivity index (χ4n) is 3.89. The van der Waals surface area contributed by atoms with Crippen molar-refractivity contribution in [3.63, 3.8) is 0 Å². The number of rotatable bonds is 8. The highest BCUT2D eigenvalue weighted by molar-refractivity contribution is 5.79. The van der Waals surface area contributed by atoms with E-state index in [0.717, 1.165) is 11.9 Å². The lowest BCUT2D eigenvalue weighted by Gasteiger charge is -2.18. The highest BCUT2D eigenvalue weighted by Crippen LogP contribution is 2.27. The highest BCUT2D eigenvalue weighted by atomic mass is 16.1. The first-order chi connectivity index (χ1) is 15.2. The van der Waals surface area contributed by atoms with Gasteiger partial charge in [-0.3, -0.25) is 14.3 Å². The van der Waals surface area contributed by atoms with Gasteiger partial charge in [0.1, 0.15) is 0 Å². The van der Waals surface area contributed by atoms with Gasteiger partial charge in [0, 0.05) is 24.3 Å². The van der Waals surface area contributed by atoms with Gasteiger partial charge in [0.15, 0.2) is 0 Å². The number of nitrogens with zero attached hydrogens (tertiary/aromatic N) is 2. The average Bonchev–Trinajstić information content (AvgIpc) is 2.83. The van der Waals surface area contributed by atoms with Crippen LogP contribution in [0, 0.1) is 0 Å². The van der Waals surface area contributed by atoms with Crippen LogP contribution in [-0.2, 0) is 11.3 Å². The third kappa shape index (κ3) is 5.07. The minimum Gasteiger partial charge on any atom is -0.356 e. The number of para-hydroxylation sites is 1. The molecule has 0 aliphatic carbocycles. The van der Waals surface area contributed by atoms with Gasteiger partial charge in [-0.05, 0) is 29.7 Å². The largest absolute Gasteiger partial charge is 0.356 e. The summed E-state index contributed by atoms with van der Waals surface area (Å²) in [6.07, 6.45) is 2.44. The van der Waals surface area contributed by atoms with Gasteiger partial charge in [0.05, 0.1) is 18.3 Å². The molecule has 4 aromatic rings. The third-order valence-corrected chi connectivity index (χ3v) is 5.47. The van der Waals surface area contributed by atoms with Gasteiger partial charge in [-0.2, -0.15) is 5.10 Å². The maximum atomic E-state index is 12.5. The molecule has 0 radical (unpaired) electrons. The predicted molar refractivity (Wildman–Crippen MR) is 123 cm³/mol. The molecule has 0 unspecified atom stereocenters. The molecule has 0 fully saturated rings. The van der Waals surface area contributed by atoms with Crippen LogP contribution in [0.2, 0.25) is 0 Å². The molecule has 0 aliphatic heterocycles. The summed E-state index contributed by atoms with van der Waals surface area (Å²) in [6, 6.07) is 28.1. The van der Waals surface area contributed by atoms with Crippen molar-refractivity contribution in [1.82, 2.24) is 15.1 Å². The average molecular weight is 412 g/mol. The van der Waals surface area contributed by atoms with Crippen LogP contribution in [0.1, 0.15) is 29.9 Å². The first-order valence-electron chi connectivity index (χ1n) is 10.5. The molecule has 156 valence electrons. The van der Waals surface area contributed by atoms with E-state index >= 15 is 0 Å². The van der Waals surface area contributed by atoms with E-state index in [1.165, 1.54) is 17.3 Å². The van der Waals surface area contributed by atoms with E-state index in [1.54, 1.807) is 10.7 Å². The molecule has 1 aromatic heterocycles. The molecule has 0 atom stereocenters. The number of aryl methyl sites for hydroxylation is 1. The molecule has 3 aromatic carbocycles. The lowest BCUT2D eigenvalue weighted by Crippen LogP contribution is -2.27. The zero-order valence-electron chi connectivity index (χ0n) is 17.3. The van der Waals surface area contributed by atoms with E-state index < -0.39 is 0 Å². The number of hydrogen-bond donors (Lipinski definition) is 1. The Balaban J connectivity index is 1.36. The smallest absolute Gasteiger partial charge is 0.221 e. The zero-order chi connectivity index (χ0) is 21.5. The summed E-state index contributed by atoms with van der Waals surface area (Å²) in [7, 11) is 0. The topological polar surface area (TPSA) is 64.0 Å². The maximum absolute atomic E-state index is 12.5. The lowest BCUT2D eigenvalue weighted by atomic mass is 9.88. The molecule has 1 amide bonds. The third-order valence-electron chi connectivity index (χ3n) is 5.47. The number of fused-ring (bicyclic) bond motifs is 1. The van der Waals surface area contributed by atoms with Crippen molar-refractivity contribution in [2.75, 3.05) is 6.54 Å². The van der Waals surface area contributed by atoms with Crippen LogP contribution in [0.15, 0.2) is 95.9 Å². The minimum absolute atomic E-state index is 0.0237. The van der Waals surface area contributed by atoms with Crippen LogP contribution in [0.5, 0.6) is 0 Å². The number of aromatic nitrogens is 2. The van der Waals surface area contributed by atoms with Crippen molar-refractivity contribution in [2.45, 2.75) is 25.3 Å². The summed E-state index contributed by atoms with van der Waals surface area (Å²) >= 11 is 0. The van der Waals surface area contributed by atoms with E-state index in [4.69, 9.17) is 0 Å². The van der Waals surface area contributed by atoms with Crippen LogP contribution in [0.3, 0.4) is 0 Å². The summed E-state index contributed by atoms with van der Waals surface area (Å²) in [5, 5.41) is 7.85. The van der Waals surface area contributed by atoms with E-state index in [1.807, 2.05) is 54.6 Å². The van der Waals surface area contributed by atoms with E-state index in [9.17, 15) is 9.59 Å². The van der Waals surface area contributed by atoms with Crippen LogP contribution < -0.4 is 10.7 Å². The van der Waals surface area contributed by atoms with Crippen LogP contribution >= 0.6 is 0 Å². The fraction of sp³-hybridized carbons (Fsp3) is 0.192. The number of nitrogens with one attached hydrogen (secondary N) is 1. The first-order valence-corrected chi connectivity index (χ1v) is 10.5. The monoisotopic (exact) mass is 411 g/mol. The van der Waals surface area contributed by atoms with E-state index in [0.29, 0.717) is 24.9 Å². The number of carbonyl (C=O) groups excluding carboxylic acids is 1. The fourth-order valence-corrected chi connectivity index (χ4v) is 3.89. The number of carbonyl (C=O) groups is 1. The standard InChI is InChI=1S/C26H25N3O2/c30-25-19-28-29(24-14-8-7-13-23(24)25)18-16-26(31)27-17-15-22(20-9-3-1-4-10-20)21-11-5-2-6-12-21/h1-14,19,22H,15-18H2,(H,27,31). The Kier molecular flexibility index (Phi) is 6.53. The molecule has 5 nitrogen and oxygen atoms in total. The Bertz CT molecular complexity index is 1160. The van der Waals surface area contributed by atoms with Crippen molar-refractivity contribution in [3.8, 4) is 0 Å². The van der Waals surface area contributed by atoms with Crippen molar-refractivity contribution < 1.29 is 4.79 Å². The van der Waals surface area contributed by atoms with Gasteiger partial charge in [-0.25, -0.2) is 0 Å². The SMILES string of the molecule is O=C(CCn1ncc(=O)c2ccccc21)NCCC(c1ccccc1)c1ccccc1. The molecule has 0 aliphatic rings. The zero-order valence-corrected chi connectivity index (χ0v) is 17.3. The Hall–Kier alpha value is -3.73. The number of benzene rings is 3. The van der Waals surface area contributed by atoms with Crippen LogP contribution in [0.4, 0.5) is 0 Å². The van der Waals surface area contributed by atoms with Gasteiger partial charge in [-0.1, -0.05) is 72.8 Å². The summed E-state index contributed by atoms with van der Waals surface area (Å²) in [5.74, 6) is 0.205. The predicted octanol–water partition coefficient (Wildman–Crippen LogP) is 4.13. The summed E-state index contributed by atoms with van der Waals surface area (Å²) in [6.45, 7) is 1.01. The quantitative estimate of drug-likeness (QED) is 0.474. The maximum Gasteiger partial charge on any atom is 0.221 e. The molecular formula is C26H25N3O2. The Morgan fingerprint density at radius 3 is 2.16 bits per heavy atom. The molecule has 4 rings (SSSR count). The second kappa shape index (κ2) is 9.85. The Labute approximate surface area is 181 Å². The molecular weight excluding hydrogens is 386 g/mol.